The molecule has 0 radical (unpaired) electrons. The van der Waals surface area contributed by atoms with Crippen molar-refractivity contribution in [1.82, 2.24) is 0 Å². The molecular formula is C22H28O2. The second kappa shape index (κ2) is 5.15. The average molecular weight is 324 g/mol. The van der Waals surface area contributed by atoms with E-state index >= 15 is 0 Å². The Morgan fingerprint density at radius 2 is 1.83 bits per heavy atom. The fourth-order valence-electron chi connectivity index (χ4n) is 4.76. The summed E-state index contributed by atoms with van der Waals surface area (Å²) in [5, 5.41) is 0. The minimum absolute atomic E-state index is 0.0242. The lowest BCUT2D eigenvalue weighted by Gasteiger charge is -2.45. The molecule has 1 saturated carbocycles. The van der Waals surface area contributed by atoms with E-state index in [4.69, 9.17) is 0 Å². The normalized spacial score (nSPS) is 27.1. The highest BCUT2D eigenvalue weighted by Gasteiger charge is 2.66. The SMILES string of the molecule is CC(=O)C1(CC2=Cc3cc(C)ccc3C2)C(=O)CC(C)(C)C1(C)C. The number of ketones is 2. The van der Waals surface area contributed by atoms with E-state index in [-0.39, 0.29) is 22.4 Å². The van der Waals surface area contributed by atoms with Gasteiger partial charge in [0.2, 0.25) is 0 Å². The molecule has 1 fully saturated rings. The number of hydrogen-bond donors (Lipinski definition) is 0. The second-order valence-corrected chi connectivity index (χ2v) is 8.93. The first-order chi connectivity index (χ1) is 11.0. The van der Waals surface area contributed by atoms with Gasteiger partial charge in [-0.1, -0.05) is 63.1 Å². The first kappa shape index (κ1) is 17.1. The Bertz CT molecular complexity index is 764. The number of allylic oxidation sites excluding steroid dienone is 1. The smallest absolute Gasteiger partial charge is 0.147 e. The summed E-state index contributed by atoms with van der Waals surface area (Å²) in [6.45, 7) is 12.1. The highest BCUT2D eigenvalue weighted by molar-refractivity contribution is 6.09. The van der Waals surface area contributed by atoms with E-state index in [1.165, 1.54) is 22.3 Å². The number of aryl methyl sites for hydroxylation is 1. The first-order valence-electron chi connectivity index (χ1n) is 8.84. The third-order valence-corrected chi connectivity index (χ3v) is 7.01. The molecular weight excluding hydrogens is 296 g/mol. The van der Waals surface area contributed by atoms with Crippen molar-refractivity contribution in [2.75, 3.05) is 0 Å². The summed E-state index contributed by atoms with van der Waals surface area (Å²) < 4.78 is 0. The van der Waals surface area contributed by atoms with Crippen LogP contribution in [0.15, 0.2) is 23.8 Å². The number of fused-ring (bicyclic) bond motifs is 1. The van der Waals surface area contributed by atoms with Gasteiger partial charge in [-0.2, -0.15) is 0 Å². The number of Topliss-reactive ketones (excluding diaryl/α,β-unsaturated/α-hetero) is 2. The molecule has 1 aromatic carbocycles. The summed E-state index contributed by atoms with van der Waals surface area (Å²) in [6.07, 6.45) is 4.10. The molecule has 0 heterocycles. The quantitative estimate of drug-likeness (QED) is 0.739. The molecule has 24 heavy (non-hydrogen) atoms. The molecule has 2 heteroatoms. The van der Waals surface area contributed by atoms with Gasteiger partial charge in [-0.15, -0.1) is 0 Å². The van der Waals surface area contributed by atoms with Crippen molar-refractivity contribution < 1.29 is 9.59 Å². The largest absolute Gasteiger partial charge is 0.299 e. The van der Waals surface area contributed by atoms with E-state index < -0.39 is 5.41 Å². The van der Waals surface area contributed by atoms with E-state index in [0.717, 1.165) is 6.42 Å². The van der Waals surface area contributed by atoms with Crippen LogP contribution in [0.4, 0.5) is 0 Å². The van der Waals surface area contributed by atoms with Gasteiger partial charge in [-0.3, -0.25) is 9.59 Å². The van der Waals surface area contributed by atoms with Crippen molar-refractivity contribution in [1.29, 1.82) is 0 Å². The van der Waals surface area contributed by atoms with E-state index in [9.17, 15) is 9.59 Å². The van der Waals surface area contributed by atoms with Gasteiger partial charge >= 0.3 is 0 Å². The monoisotopic (exact) mass is 324 g/mol. The van der Waals surface area contributed by atoms with E-state index in [1.54, 1.807) is 6.92 Å². The number of carbonyl (C=O) groups excluding carboxylic acids is 2. The number of rotatable bonds is 3. The van der Waals surface area contributed by atoms with Gasteiger partial charge in [0.05, 0.1) is 5.41 Å². The fourth-order valence-corrected chi connectivity index (χ4v) is 4.76. The Hall–Kier alpha value is -1.70. The Balaban J connectivity index is 2.02. The molecule has 1 unspecified atom stereocenters. The van der Waals surface area contributed by atoms with Crippen molar-refractivity contribution >= 4 is 17.6 Å². The Morgan fingerprint density at radius 3 is 2.38 bits per heavy atom. The molecule has 2 nitrogen and oxygen atoms in total. The van der Waals surface area contributed by atoms with Crippen LogP contribution in [0.25, 0.3) is 6.08 Å². The zero-order chi connectivity index (χ0) is 17.9. The lowest BCUT2D eigenvalue weighted by Crippen LogP contribution is -2.48. The molecule has 3 rings (SSSR count). The van der Waals surface area contributed by atoms with Crippen LogP contribution < -0.4 is 0 Å². The molecule has 0 aromatic heterocycles. The van der Waals surface area contributed by atoms with Gasteiger partial charge in [-0.25, -0.2) is 0 Å². The molecule has 0 aliphatic heterocycles. The van der Waals surface area contributed by atoms with Crippen LogP contribution in [0, 0.1) is 23.2 Å². The van der Waals surface area contributed by atoms with Crippen LogP contribution >= 0.6 is 0 Å². The molecule has 0 spiro atoms. The molecule has 0 saturated heterocycles. The average Bonchev–Trinajstić information content (AvgIpc) is 2.89. The van der Waals surface area contributed by atoms with Gasteiger partial charge in [0.25, 0.3) is 0 Å². The van der Waals surface area contributed by atoms with Gasteiger partial charge in [-0.05, 0) is 48.6 Å². The summed E-state index contributed by atoms with van der Waals surface area (Å²) in [7, 11) is 0. The van der Waals surface area contributed by atoms with Crippen LogP contribution in [0.5, 0.6) is 0 Å². The molecule has 0 amide bonds. The van der Waals surface area contributed by atoms with Crippen LogP contribution in [-0.2, 0) is 16.0 Å². The maximum absolute atomic E-state index is 13.0. The molecule has 2 aliphatic carbocycles. The van der Waals surface area contributed by atoms with Crippen molar-refractivity contribution in [3.63, 3.8) is 0 Å². The molecule has 2 aliphatic rings. The maximum atomic E-state index is 13.0. The molecule has 0 bridgehead atoms. The van der Waals surface area contributed by atoms with Crippen molar-refractivity contribution in [3.8, 4) is 0 Å². The first-order valence-corrected chi connectivity index (χ1v) is 8.84. The molecule has 1 atom stereocenters. The highest BCUT2D eigenvalue weighted by atomic mass is 16.2. The predicted octanol–water partition coefficient (Wildman–Crippen LogP) is 4.93. The zero-order valence-electron chi connectivity index (χ0n) is 15.7. The standard InChI is InChI=1S/C22H28O2/c1-14-7-8-17-10-16(11-18(17)9-14)12-22(15(2)23)19(24)13-20(3,4)21(22,5)6/h7-9,11H,10,12-13H2,1-6H3. The van der Waals surface area contributed by atoms with Crippen LogP contribution in [-0.4, -0.2) is 11.6 Å². The minimum Gasteiger partial charge on any atom is -0.299 e. The zero-order valence-corrected chi connectivity index (χ0v) is 15.7. The Labute approximate surface area is 145 Å². The van der Waals surface area contributed by atoms with E-state index in [2.05, 4.69) is 58.9 Å². The van der Waals surface area contributed by atoms with Gasteiger partial charge in [0, 0.05) is 6.42 Å². The lowest BCUT2D eigenvalue weighted by molar-refractivity contribution is -0.144. The summed E-state index contributed by atoms with van der Waals surface area (Å²) >= 11 is 0. The minimum atomic E-state index is -0.889. The van der Waals surface area contributed by atoms with E-state index in [0.29, 0.717) is 12.8 Å². The van der Waals surface area contributed by atoms with Gasteiger partial charge in [0.15, 0.2) is 0 Å². The summed E-state index contributed by atoms with van der Waals surface area (Å²) in [5.41, 5.74) is 3.59. The third kappa shape index (κ3) is 2.15. The number of carbonyl (C=O) groups is 2. The van der Waals surface area contributed by atoms with Crippen LogP contribution in [0.2, 0.25) is 0 Å². The fraction of sp³-hybridized carbons (Fsp3) is 0.545. The van der Waals surface area contributed by atoms with Gasteiger partial charge < -0.3 is 0 Å². The molecule has 128 valence electrons. The summed E-state index contributed by atoms with van der Waals surface area (Å²) in [6, 6.07) is 6.48. The summed E-state index contributed by atoms with van der Waals surface area (Å²) in [5.74, 6) is 0.147. The van der Waals surface area contributed by atoms with Gasteiger partial charge in [0.1, 0.15) is 11.6 Å². The Morgan fingerprint density at radius 1 is 1.17 bits per heavy atom. The predicted molar refractivity (Wildman–Crippen MR) is 97.8 cm³/mol. The van der Waals surface area contributed by atoms with Crippen molar-refractivity contribution in [2.24, 2.45) is 16.2 Å². The van der Waals surface area contributed by atoms with Crippen molar-refractivity contribution in [2.45, 2.75) is 60.8 Å². The van der Waals surface area contributed by atoms with Crippen molar-refractivity contribution in [3.05, 3.63) is 40.5 Å². The number of benzene rings is 1. The highest BCUT2D eigenvalue weighted by Crippen LogP contribution is 2.63. The van der Waals surface area contributed by atoms with Crippen LogP contribution in [0.3, 0.4) is 0 Å². The van der Waals surface area contributed by atoms with E-state index in [1.807, 2.05) is 0 Å². The van der Waals surface area contributed by atoms with Crippen LogP contribution in [0.1, 0.15) is 64.2 Å². The topological polar surface area (TPSA) is 34.1 Å². The lowest BCUT2D eigenvalue weighted by atomic mass is 9.56. The summed E-state index contributed by atoms with van der Waals surface area (Å²) in [4.78, 5) is 25.8. The number of hydrogen-bond acceptors (Lipinski definition) is 2. The second-order valence-electron chi connectivity index (χ2n) is 8.93. The molecule has 0 N–H and O–H groups in total. The molecule has 1 aromatic rings. The third-order valence-electron chi connectivity index (χ3n) is 7.01. The Kier molecular flexibility index (Phi) is 3.67. The maximum Gasteiger partial charge on any atom is 0.147 e.